The molecular formula is C22H20N4O4S2. The number of carbonyl (C=O) groups is 2. The number of anilines is 1. The first-order chi connectivity index (χ1) is 15.5. The highest BCUT2D eigenvalue weighted by Crippen LogP contribution is 2.30. The minimum atomic E-state index is -0.533. The molecule has 0 unspecified atom stereocenters. The third-order valence-corrected chi connectivity index (χ3v) is 6.81. The van der Waals surface area contributed by atoms with E-state index in [9.17, 15) is 14.4 Å². The van der Waals surface area contributed by atoms with Gasteiger partial charge in [-0.15, -0.1) is 11.8 Å². The molecule has 0 atom stereocenters. The van der Waals surface area contributed by atoms with Crippen LogP contribution in [0.25, 0.3) is 5.69 Å². The molecule has 2 amide bonds. The van der Waals surface area contributed by atoms with Crippen molar-refractivity contribution in [1.29, 1.82) is 0 Å². The summed E-state index contributed by atoms with van der Waals surface area (Å²) >= 11 is 2.69. The van der Waals surface area contributed by atoms with E-state index in [1.165, 1.54) is 28.1 Å². The van der Waals surface area contributed by atoms with Crippen LogP contribution in [0.4, 0.5) is 5.69 Å². The predicted molar refractivity (Wildman–Crippen MR) is 125 cm³/mol. The number of ether oxygens (including phenoxy) is 1. The maximum Gasteiger partial charge on any atom is 0.272 e. The molecular weight excluding hydrogens is 448 g/mol. The molecule has 0 fully saturated rings. The van der Waals surface area contributed by atoms with Crippen molar-refractivity contribution in [2.75, 3.05) is 23.9 Å². The number of primary amides is 1. The summed E-state index contributed by atoms with van der Waals surface area (Å²) in [5.74, 6) is 0.694. The summed E-state index contributed by atoms with van der Waals surface area (Å²) in [5, 5.41) is 3.22. The van der Waals surface area contributed by atoms with Crippen LogP contribution >= 0.6 is 23.5 Å². The van der Waals surface area contributed by atoms with Gasteiger partial charge in [-0.1, -0.05) is 17.8 Å². The molecule has 1 aromatic heterocycles. The Bertz CT molecular complexity index is 1240. The lowest BCUT2D eigenvalue weighted by Gasteiger charge is -2.14. The van der Waals surface area contributed by atoms with Gasteiger partial charge in [0, 0.05) is 29.5 Å². The highest BCUT2D eigenvalue weighted by molar-refractivity contribution is 8.00. The minimum Gasteiger partial charge on any atom is -0.497 e. The van der Waals surface area contributed by atoms with Crippen molar-refractivity contribution in [2.45, 2.75) is 16.5 Å². The Balaban J connectivity index is 1.57. The van der Waals surface area contributed by atoms with Crippen molar-refractivity contribution < 1.29 is 14.3 Å². The normalized spacial score (nSPS) is 12.3. The van der Waals surface area contributed by atoms with Crippen LogP contribution in [-0.4, -0.2) is 40.0 Å². The molecule has 164 valence electrons. The Labute approximate surface area is 192 Å². The molecule has 2 aromatic carbocycles. The molecule has 0 aliphatic carbocycles. The fourth-order valence-electron chi connectivity index (χ4n) is 3.21. The van der Waals surface area contributed by atoms with E-state index in [1.807, 2.05) is 6.07 Å². The number of rotatable bonds is 7. The van der Waals surface area contributed by atoms with Gasteiger partial charge in [-0.25, -0.2) is 4.98 Å². The lowest BCUT2D eigenvalue weighted by molar-refractivity contribution is -0.113. The van der Waals surface area contributed by atoms with Crippen molar-refractivity contribution >= 4 is 41.0 Å². The first kappa shape index (κ1) is 22.0. The van der Waals surface area contributed by atoms with E-state index in [0.29, 0.717) is 32.7 Å². The van der Waals surface area contributed by atoms with Crippen molar-refractivity contribution in [3.63, 3.8) is 0 Å². The van der Waals surface area contributed by atoms with E-state index in [4.69, 9.17) is 10.5 Å². The third kappa shape index (κ3) is 4.66. The van der Waals surface area contributed by atoms with E-state index in [0.717, 1.165) is 17.9 Å². The molecule has 0 saturated carbocycles. The number of hydrogen-bond donors (Lipinski definition) is 2. The molecule has 1 aliphatic heterocycles. The Morgan fingerprint density at radius 1 is 1.25 bits per heavy atom. The molecule has 0 saturated heterocycles. The van der Waals surface area contributed by atoms with Gasteiger partial charge >= 0.3 is 0 Å². The molecule has 4 rings (SSSR count). The van der Waals surface area contributed by atoms with Crippen molar-refractivity contribution in [2.24, 2.45) is 5.73 Å². The molecule has 0 spiro atoms. The number of carbonyl (C=O) groups excluding carboxylic acids is 2. The summed E-state index contributed by atoms with van der Waals surface area (Å²) in [6.45, 7) is 0. The highest BCUT2D eigenvalue weighted by atomic mass is 32.2. The average molecular weight is 469 g/mol. The van der Waals surface area contributed by atoms with Crippen LogP contribution in [0.1, 0.15) is 16.1 Å². The zero-order valence-corrected chi connectivity index (χ0v) is 18.8. The molecule has 0 bridgehead atoms. The molecule has 3 N–H and O–H groups in total. The Hall–Kier alpha value is -3.24. The molecule has 3 aromatic rings. The second-order valence-corrected chi connectivity index (χ2v) is 8.94. The van der Waals surface area contributed by atoms with E-state index >= 15 is 0 Å². The van der Waals surface area contributed by atoms with Gasteiger partial charge in [0.25, 0.3) is 5.56 Å². The summed E-state index contributed by atoms with van der Waals surface area (Å²) in [6, 6.07) is 13.5. The lowest BCUT2D eigenvalue weighted by Crippen LogP contribution is -2.24. The SMILES string of the molecule is COc1cccc(-n2c(SCC(=O)Nc3ccc(C(N)=O)cc3)nc3c(c2=O)SCC3)c1. The van der Waals surface area contributed by atoms with Gasteiger partial charge in [0.2, 0.25) is 11.8 Å². The number of aromatic nitrogens is 2. The number of aryl methyl sites for hydroxylation is 1. The largest absolute Gasteiger partial charge is 0.497 e. The zero-order valence-electron chi connectivity index (χ0n) is 17.2. The first-order valence-electron chi connectivity index (χ1n) is 9.72. The third-order valence-electron chi connectivity index (χ3n) is 4.76. The average Bonchev–Trinajstić information content (AvgIpc) is 3.27. The molecule has 1 aliphatic rings. The van der Waals surface area contributed by atoms with Crippen molar-refractivity contribution in [3.8, 4) is 11.4 Å². The predicted octanol–water partition coefficient (Wildman–Crippen LogP) is 2.72. The van der Waals surface area contributed by atoms with Crippen LogP contribution < -0.4 is 21.3 Å². The number of amides is 2. The summed E-state index contributed by atoms with van der Waals surface area (Å²) in [4.78, 5) is 42.2. The summed E-state index contributed by atoms with van der Waals surface area (Å²) in [7, 11) is 1.56. The second kappa shape index (κ2) is 9.49. The van der Waals surface area contributed by atoms with Gasteiger partial charge in [0.1, 0.15) is 5.75 Å². The van der Waals surface area contributed by atoms with E-state index < -0.39 is 5.91 Å². The van der Waals surface area contributed by atoms with Crippen LogP contribution in [0.5, 0.6) is 5.75 Å². The fourth-order valence-corrected chi connectivity index (χ4v) is 5.06. The Morgan fingerprint density at radius 3 is 2.75 bits per heavy atom. The van der Waals surface area contributed by atoms with Gasteiger partial charge in [0.15, 0.2) is 5.16 Å². The van der Waals surface area contributed by atoms with Crippen molar-refractivity contribution in [1.82, 2.24) is 9.55 Å². The topological polar surface area (TPSA) is 116 Å². The molecule has 8 nitrogen and oxygen atoms in total. The van der Waals surface area contributed by atoms with Gasteiger partial charge in [0.05, 0.1) is 29.1 Å². The van der Waals surface area contributed by atoms with Gasteiger partial charge < -0.3 is 15.8 Å². The number of nitrogens with two attached hydrogens (primary N) is 1. The fraction of sp³-hybridized carbons (Fsp3) is 0.182. The lowest BCUT2D eigenvalue weighted by atomic mass is 10.2. The van der Waals surface area contributed by atoms with Gasteiger partial charge in [-0.05, 0) is 36.4 Å². The second-order valence-electron chi connectivity index (χ2n) is 6.89. The first-order valence-corrected chi connectivity index (χ1v) is 11.7. The number of benzene rings is 2. The number of nitrogens with one attached hydrogen (secondary N) is 1. The minimum absolute atomic E-state index is 0.0555. The number of thioether (sulfide) groups is 2. The number of fused-ring (bicyclic) bond motifs is 1. The molecule has 10 heteroatoms. The number of hydrogen-bond acceptors (Lipinski definition) is 7. The molecule has 32 heavy (non-hydrogen) atoms. The van der Waals surface area contributed by atoms with Gasteiger partial charge in [-0.3, -0.25) is 19.0 Å². The van der Waals surface area contributed by atoms with E-state index in [1.54, 1.807) is 49.6 Å². The number of methoxy groups -OCH3 is 1. The molecule has 0 radical (unpaired) electrons. The van der Waals surface area contributed by atoms with E-state index in [2.05, 4.69) is 10.3 Å². The van der Waals surface area contributed by atoms with Gasteiger partial charge in [-0.2, -0.15) is 0 Å². The van der Waals surface area contributed by atoms with Crippen LogP contribution in [0, 0.1) is 0 Å². The zero-order chi connectivity index (χ0) is 22.7. The van der Waals surface area contributed by atoms with Crippen LogP contribution in [0.3, 0.4) is 0 Å². The maximum absolute atomic E-state index is 13.2. The highest BCUT2D eigenvalue weighted by Gasteiger charge is 2.23. The standard InChI is InChI=1S/C22H20N4O4S2/c1-30-16-4-2-3-15(11-16)26-21(29)19-17(9-10-31-19)25-22(26)32-12-18(27)24-14-7-5-13(6-8-14)20(23)28/h2-8,11H,9-10,12H2,1H3,(H2,23,28)(H,24,27). The van der Waals surface area contributed by atoms with Crippen LogP contribution in [-0.2, 0) is 11.2 Å². The van der Waals surface area contributed by atoms with E-state index in [-0.39, 0.29) is 17.2 Å². The summed E-state index contributed by atoms with van der Waals surface area (Å²) < 4.78 is 6.82. The molecule has 2 heterocycles. The Morgan fingerprint density at radius 2 is 2.03 bits per heavy atom. The van der Waals surface area contributed by atoms with Crippen LogP contribution in [0.2, 0.25) is 0 Å². The summed E-state index contributed by atoms with van der Waals surface area (Å²) in [6.07, 6.45) is 0.722. The summed E-state index contributed by atoms with van der Waals surface area (Å²) in [5.41, 5.74) is 7.39. The van der Waals surface area contributed by atoms with Crippen molar-refractivity contribution in [3.05, 3.63) is 70.1 Å². The number of nitrogens with zero attached hydrogens (tertiary/aromatic N) is 2. The van der Waals surface area contributed by atoms with Crippen LogP contribution in [0.15, 0.2) is 63.4 Å². The maximum atomic E-state index is 13.2. The monoisotopic (exact) mass is 468 g/mol. The smallest absolute Gasteiger partial charge is 0.272 e. The Kier molecular flexibility index (Phi) is 6.52. The quantitative estimate of drug-likeness (QED) is 0.404.